The maximum absolute atomic E-state index is 11.7. The van der Waals surface area contributed by atoms with E-state index in [-0.39, 0.29) is 18.3 Å². The van der Waals surface area contributed by atoms with Gasteiger partial charge in [0.1, 0.15) is 0 Å². The van der Waals surface area contributed by atoms with Crippen molar-refractivity contribution >= 4 is 18.3 Å². The van der Waals surface area contributed by atoms with Gasteiger partial charge in [0.05, 0.1) is 6.61 Å². The van der Waals surface area contributed by atoms with E-state index in [2.05, 4.69) is 24.1 Å². The number of piperidine rings is 1. The van der Waals surface area contributed by atoms with Crippen LogP contribution in [0.1, 0.15) is 26.2 Å². The number of nitrogens with one attached hydrogen (secondary N) is 2. The summed E-state index contributed by atoms with van der Waals surface area (Å²) in [6.07, 6.45) is 4.07. The molecule has 2 N–H and O–H groups in total. The number of amides is 1. The second-order valence-electron chi connectivity index (χ2n) is 4.61. The highest BCUT2D eigenvalue weighted by molar-refractivity contribution is 5.85. The van der Waals surface area contributed by atoms with Crippen LogP contribution in [-0.2, 0) is 9.53 Å². The molecule has 1 aliphatic heterocycles. The largest absolute Gasteiger partial charge is 0.377 e. The molecule has 0 bridgehead atoms. The van der Waals surface area contributed by atoms with Crippen molar-refractivity contribution in [3.63, 3.8) is 0 Å². The summed E-state index contributed by atoms with van der Waals surface area (Å²) in [5, 5.41) is 6.43. The number of ether oxygens (including phenoxy) is 1. The fourth-order valence-corrected chi connectivity index (χ4v) is 2.01. The third-order valence-corrected chi connectivity index (χ3v) is 3.06. The highest BCUT2D eigenvalue weighted by Gasteiger charge is 2.22. The van der Waals surface area contributed by atoms with Gasteiger partial charge in [0.25, 0.3) is 0 Å². The van der Waals surface area contributed by atoms with Crippen molar-refractivity contribution in [1.82, 2.24) is 10.6 Å². The van der Waals surface area contributed by atoms with E-state index >= 15 is 0 Å². The number of rotatable bonds is 7. The molecule has 0 aliphatic carbocycles. The molecule has 0 aromatic rings. The smallest absolute Gasteiger partial charge is 0.220 e. The van der Waals surface area contributed by atoms with Gasteiger partial charge in [-0.2, -0.15) is 0 Å². The SMILES string of the molecule is C=CCOCCCC(=O)NC1CCNCC1C.Cl. The molecule has 2 unspecified atom stereocenters. The lowest BCUT2D eigenvalue weighted by Crippen LogP contribution is -2.48. The first kappa shape index (κ1) is 17.4. The van der Waals surface area contributed by atoms with Crippen molar-refractivity contribution in [3.05, 3.63) is 12.7 Å². The summed E-state index contributed by atoms with van der Waals surface area (Å²) in [6, 6.07) is 0.331. The number of halogens is 1. The van der Waals surface area contributed by atoms with Crippen LogP contribution >= 0.6 is 12.4 Å². The molecule has 1 aliphatic rings. The number of hydrogen-bond acceptors (Lipinski definition) is 3. The second kappa shape index (κ2) is 10.4. The van der Waals surface area contributed by atoms with E-state index in [4.69, 9.17) is 4.74 Å². The van der Waals surface area contributed by atoms with Crippen LogP contribution < -0.4 is 10.6 Å². The van der Waals surface area contributed by atoms with Gasteiger partial charge in [0.15, 0.2) is 0 Å². The molecule has 1 heterocycles. The van der Waals surface area contributed by atoms with Crippen LogP contribution in [0.4, 0.5) is 0 Å². The molecule has 1 rings (SSSR count). The number of hydrogen-bond donors (Lipinski definition) is 2. The Balaban J connectivity index is 0.00000289. The Morgan fingerprint density at radius 1 is 1.61 bits per heavy atom. The van der Waals surface area contributed by atoms with E-state index in [0.29, 0.717) is 31.6 Å². The van der Waals surface area contributed by atoms with Gasteiger partial charge in [-0.05, 0) is 31.8 Å². The minimum Gasteiger partial charge on any atom is -0.377 e. The predicted molar refractivity (Wildman–Crippen MR) is 76.1 cm³/mol. The zero-order valence-electron chi connectivity index (χ0n) is 11.1. The van der Waals surface area contributed by atoms with Crippen LogP contribution in [0, 0.1) is 5.92 Å². The fraction of sp³-hybridized carbons (Fsp3) is 0.769. The Bertz CT molecular complexity index is 249. The van der Waals surface area contributed by atoms with Crippen LogP contribution in [0.25, 0.3) is 0 Å². The van der Waals surface area contributed by atoms with Gasteiger partial charge in [-0.25, -0.2) is 0 Å². The predicted octanol–water partition coefficient (Wildman–Crippen LogP) is 1.51. The molecule has 18 heavy (non-hydrogen) atoms. The van der Waals surface area contributed by atoms with E-state index in [0.717, 1.165) is 25.9 Å². The Morgan fingerprint density at radius 2 is 2.39 bits per heavy atom. The van der Waals surface area contributed by atoms with Gasteiger partial charge < -0.3 is 15.4 Å². The molecule has 1 saturated heterocycles. The first-order chi connectivity index (χ1) is 8.24. The summed E-state index contributed by atoms with van der Waals surface area (Å²) in [5.74, 6) is 0.663. The molecular weight excluding hydrogens is 252 g/mol. The summed E-state index contributed by atoms with van der Waals surface area (Å²) in [7, 11) is 0. The van der Waals surface area contributed by atoms with E-state index < -0.39 is 0 Å². The summed E-state index contributed by atoms with van der Waals surface area (Å²) in [5.41, 5.74) is 0. The average molecular weight is 277 g/mol. The summed E-state index contributed by atoms with van der Waals surface area (Å²) < 4.78 is 5.24. The molecule has 4 nitrogen and oxygen atoms in total. The molecule has 0 radical (unpaired) electrons. The Labute approximate surface area is 116 Å². The average Bonchev–Trinajstić information content (AvgIpc) is 2.32. The van der Waals surface area contributed by atoms with Crippen molar-refractivity contribution < 1.29 is 9.53 Å². The first-order valence-electron chi connectivity index (χ1n) is 6.42. The summed E-state index contributed by atoms with van der Waals surface area (Å²) >= 11 is 0. The molecule has 0 spiro atoms. The van der Waals surface area contributed by atoms with Crippen LogP contribution in [0.3, 0.4) is 0 Å². The lowest BCUT2D eigenvalue weighted by atomic mass is 9.95. The Kier molecular flexibility index (Phi) is 10.0. The van der Waals surface area contributed by atoms with Gasteiger partial charge in [-0.3, -0.25) is 4.79 Å². The summed E-state index contributed by atoms with van der Waals surface area (Å²) in [6.45, 7) is 8.92. The molecule has 1 fully saturated rings. The van der Waals surface area contributed by atoms with Crippen LogP contribution in [0.15, 0.2) is 12.7 Å². The highest BCUT2D eigenvalue weighted by atomic mass is 35.5. The van der Waals surface area contributed by atoms with E-state index in [1.165, 1.54) is 0 Å². The third-order valence-electron chi connectivity index (χ3n) is 3.06. The molecule has 2 atom stereocenters. The van der Waals surface area contributed by atoms with Crippen molar-refractivity contribution in [2.45, 2.75) is 32.2 Å². The molecule has 0 aromatic heterocycles. The number of carbonyl (C=O) groups is 1. The quantitative estimate of drug-likeness (QED) is 0.547. The van der Waals surface area contributed by atoms with Crippen molar-refractivity contribution in [3.8, 4) is 0 Å². The van der Waals surface area contributed by atoms with E-state index in [1.54, 1.807) is 6.08 Å². The van der Waals surface area contributed by atoms with Crippen molar-refractivity contribution in [1.29, 1.82) is 0 Å². The minimum atomic E-state index is 0. The second-order valence-corrected chi connectivity index (χ2v) is 4.61. The highest BCUT2D eigenvalue weighted by Crippen LogP contribution is 2.10. The number of carbonyl (C=O) groups excluding carboxylic acids is 1. The molecule has 0 saturated carbocycles. The molecule has 106 valence electrons. The van der Waals surface area contributed by atoms with Crippen molar-refractivity contribution in [2.24, 2.45) is 5.92 Å². The van der Waals surface area contributed by atoms with E-state index in [9.17, 15) is 4.79 Å². The standard InChI is InChI=1S/C13H24N2O2.ClH/c1-3-8-17-9-4-5-13(16)15-12-6-7-14-10-11(12)2;/h3,11-12,14H,1,4-10H2,2H3,(H,15,16);1H. The van der Waals surface area contributed by atoms with Gasteiger partial charge >= 0.3 is 0 Å². The molecule has 0 aromatic carbocycles. The molecule has 5 heteroatoms. The van der Waals surface area contributed by atoms with Crippen molar-refractivity contribution in [2.75, 3.05) is 26.3 Å². The van der Waals surface area contributed by atoms with Gasteiger partial charge in [0.2, 0.25) is 5.91 Å². The van der Waals surface area contributed by atoms with Gasteiger partial charge in [-0.1, -0.05) is 13.0 Å². The van der Waals surface area contributed by atoms with Crippen LogP contribution in [0.5, 0.6) is 0 Å². The van der Waals surface area contributed by atoms with Crippen LogP contribution in [-0.4, -0.2) is 38.3 Å². The maximum atomic E-state index is 11.7. The molecule has 1 amide bonds. The summed E-state index contributed by atoms with van der Waals surface area (Å²) in [4.78, 5) is 11.7. The third kappa shape index (κ3) is 6.99. The van der Waals surface area contributed by atoms with Crippen LogP contribution in [0.2, 0.25) is 0 Å². The lowest BCUT2D eigenvalue weighted by molar-refractivity contribution is -0.122. The minimum absolute atomic E-state index is 0. The Morgan fingerprint density at radius 3 is 3.06 bits per heavy atom. The molecular formula is C13H25ClN2O2. The lowest BCUT2D eigenvalue weighted by Gasteiger charge is -2.30. The van der Waals surface area contributed by atoms with E-state index in [1.807, 2.05) is 0 Å². The normalized spacial score (nSPS) is 22.9. The first-order valence-corrected chi connectivity index (χ1v) is 6.42. The zero-order valence-corrected chi connectivity index (χ0v) is 11.9. The Hall–Kier alpha value is -0.580. The fourth-order valence-electron chi connectivity index (χ4n) is 2.01. The van der Waals surface area contributed by atoms with Gasteiger partial charge in [0, 0.05) is 19.1 Å². The monoisotopic (exact) mass is 276 g/mol. The maximum Gasteiger partial charge on any atom is 0.220 e. The zero-order chi connectivity index (χ0) is 12.5. The topological polar surface area (TPSA) is 50.4 Å². The van der Waals surface area contributed by atoms with Gasteiger partial charge in [-0.15, -0.1) is 19.0 Å².